The summed E-state index contributed by atoms with van der Waals surface area (Å²) in [7, 11) is 0. The molecule has 4 heterocycles. The van der Waals surface area contributed by atoms with E-state index in [-0.39, 0.29) is 6.61 Å². The van der Waals surface area contributed by atoms with Crippen LogP contribution in [0, 0.1) is 0 Å². The first-order valence-electron chi connectivity index (χ1n) is 16.8. The van der Waals surface area contributed by atoms with Crippen molar-refractivity contribution in [3.63, 3.8) is 0 Å². The zero-order chi connectivity index (χ0) is 38.4. The molecule has 8 unspecified atom stereocenters. The number of ether oxygens (including phenoxy) is 8. The number of aliphatic carboxylic acids is 1. The maximum absolute atomic E-state index is 12.1. The van der Waals surface area contributed by atoms with E-state index < -0.39 is 149 Å². The number of carboxylic acids is 1. The number of hydrogen-bond acceptors (Lipinski definition) is 22. The van der Waals surface area contributed by atoms with E-state index in [9.17, 15) is 71.2 Å². The summed E-state index contributed by atoms with van der Waals surface area (Å²) in [5.41, 5.74) is 5.44. The molecule has 4 rings (SSSR count). The highest BCUT2D eigenvalue weighted by Crippen LogP contribution is 2.34. The third-order valence-corrected chi connectivity index (χ3v) is 9.28. The minimum Gasteiger partial charge on any atom is -0.479 e. The molecule has 23 nitrogen and oxygen atoms in total. The van der Waals surface area contributed by atoms with Gasteiger partial charge in [-0.2, -0.15) is 0 Å². The summed E-state index contributed by atoms with van der Waals surface area (Å²) < 4.78 is 43.7. The predicted molar refractivity (Wildman–Crippen MR) is 161 cm³/mol. The first-order chi connectivity index (χ1) is 24.7. The first kappa shape index (κ1) is 43.4. The largest absolute Gasteiger partial charge is 0.479 e. The van der Waals surface area contributed by atoms with Crippen molar-refractivity contribution in [2.75, 3.05) is 33.0 Å². The fourth-order valence-electron chi connectivity index (χ4n) is 6.26. The van der Waals surface area contributed by atoms with Crippen molar-refractivity contribution in [3.8, 4) is 0 Å². The summed E-state index contributed by atoms with van der Waals surface area (Å²) in [6, 6.07) is 0. The molecule has 15 N–H and O–H groups in total. The molecular formula is C29H51NO22. The van der Waals surface area contributed by atoms with Crippen LogP contribution in [0.1, 0.15) is 19.3 Å². The second-order valence-electron chi connectivity index (χ2n) is 12.9. The van der Waals surface area contributed by atoms with Crippen molar-refractivity contribution in [1.82, 2.24) is 0 Å². The number of nitrogens with two attached hydrogens (primary N) is 1. The van der Waals surface area contributed by atoms with Gasteiger partial charge in [-0.3, -0.25) is 0 Å². The zero-order valence-electron chi connectivity index (χ0n) is 27.8. The molecule has 0 amide bonds. The van der Waals surface area contributed by atoms with Gasteiger partial charge in [-0.1, -0.05) is 0 Å². The van der Waals surface area contributed by atoms with Crippen LogP contribution in [0.5, 0.6) is 0 Å². The van der Waals surface area contributed by atoms with E-state index in [1.807, 2.05) is 0 Å². The van der Waals surface area contributed by atoms with E-state index in [1.165, 1.54) is 0 Å². The molecule has 0 bridgehead atoms. The van der Waals surface area contributed by atoms with E-state index in [0.717, 1.165) is 0 Å². The zero-order valence-corrected chi connectivity index (χ0v) is 27.8. The van der Waals surface area contributed by atoms with Crippen LogP contribution in [0.2, 0.25) is 0 Å². The molecule has 0 saturated carbocycles. The van der Waals surface area contributed by atoms with Crippen LogP contribution in [-0.2, 0) is 42.7 Å². The van der Waals surface area contributed by atoms with Crippen LogP contribution in [0.25, 0.3) is 0 Å². The summed E-state index contributed by atoms with van der Waals surface area (Å²) in [5.74, 6) is -1.65. The van der Waals surface area contributed by atoms with Crippen LogP contribution in [0.4, 0.5) is 0 Å². The number of hydrogen-bond donors (Lipinski definition) is 14. The van der Waals surface area contributed by atoms with Gasteiger partial charge < -0.3 is 110 Å². The molecule has 4 saturated heterocycles. The lowest BCUT2D eigenvalue weighted by molar-refractivity contribution is -0.387. The van der Waals surface area contributed by atoms with Crippen LogP contribution in [0.3, 0.4) is 0 Å². The Bertz CT molecular complexity index is 1090. The smallest absolute Gasteiger partial charge is 0.335 e. The quantitative estimate of drug-likeness (QED) is 0.0649. The average Bonchev–Trinajstić information content (AvgIpc) is 3.13. The number of carbonyl (C=O) groups is 1. The summed E-state index contributed by atoms with van der Waals surface area (Å²) in [6.07, 6.45) is -34.8. The summed E-state index contributed by atoms with van der Waals surface area (Å²) in [5, 5.41) is 135. The van der Waals surface area contributed by atoms with Gasteiger partial charge in [0.1, 0.15) is 91.6 Å². The van der Waals surface area contributed by atoms with E-state index in [1.54, 1.807) is 0 Å². The van der Waals surface area contributed by atoms with Gasteiger partial charge in [-0.05, 0) is 25.8 Å². The predicted octanol–water partition coefficient (Wildman–Crippen LogP) is -8.50. The summed E-state index contributed by atoms with van der Waals surface area (Å²) in [4.78, 5) is 12.1. The van der Waals surface area contributed by atoms with Crippen molar-refractivity contribution in [2.24, 2.45) is 5.73 Å². The standard InChI is InChI=1S/C29H51NO22/c30-4-2-1-3-5-45-26-18(40)16(38)23(24(52-26)25(43)44)51-29-20(42)15(37)22(11(8-33)48-29)50-28-19(41)14(36)21(10(7-32)47-28)49-27-17(39)13(35)12(34)9(6-31)46-27/h9-24,26-29,31-42H,1-8,30H2,(H,43,44)/t9?,10?,11?,12-,13?,14-,15-,16?,17+,18+,19?,20?,21-,22+,23+,24?,26-,27+,28-,29-/m1/s1. The molecule has 52 heavy (non-hydrogen) atoms. The molecule has 0 aromatic heterocycles. The Balaban J connectivity index is 1.41. The van der Waals surface area contributed by atoms with Crippen LogP contribution in [-0.4, -0.2) is 228 Å². The number of carboxylic acid groups (broad SMARTS) is 1. The van der Waals surface area contributed by atoms with Gasteiger partial charge in [0.15, 0.2) is 31.3 Å². The van der Waals surface area contributed by atoms with Gasteiger partial charge in [0, 0.05) is 6.61 Å². The highest BCUT2D eigenvalue weighted by molar-refractivity contribution is 5.73. The maximum atomic E-state index is 12.1. The minimum absolute atomic E-state index is 0.0456. The first-order valence-corrected chi connectivity index (χ1v) is 16.8. The number of aliphatic hydroxyl groups excluding tert-OH is 12. The lowest BCUT2D eigenvalue weighted by atomic mass is 9.95. The molecule has 0 radical (unpaired) electrons. The van der Waals surface area contributed by atoms with Crippen molar-refractivity contribution >= 4 is 5.97 Å². The van der Waals surface area contributed by atoms with Gasteiger partial charge in [-0.15, -0.1) is 0 Å². The molecule has 4 fully saturated rings. The second kappa shape index (κ2) is 19.5. The van der Waals surface area contributed by atoms with E-state index in [0.29, 0.717) is 25.8 Å². The Morgan fingerprint density at radius 1 is 0.500 bits per heavy atom. The van der Waals surface area contributed by atoms with Gasteiger partial charge in [0.2, 0.25) is 0 Å². The van der Waals surface area contributed by atoms with Gasteiger partial charge in [-0.25, -0.2) is 4.79 Å². The lowest BCUT2D eigenvalue weighted by Crippen LogP contribution is -2.67. The van der Waals surface area contributed by atoms with E-state index >= 15 is 0 Å². The van der Waals surface area contributed by atoms with Gasteiger partial charge in [0.05, 0.1) is 19.8 Å². The summed E-state index contributed by atoms with van der Waals surface area (Å²) >= 11 is 0. The molecule has 4 aliphatic heterocycles. The number of rotatable bonds is 16. The molecule has 0 aliphatic carbocycles. The Labute approximate surface area is 296 Å². The SMILES string of the molecule is NCCCCCO[C@@H]1OC(C(=O)O)[C@@H](O[C@H]2OC(CO)[C@H](O[C@H]3OC(CO)[C@@H](O[C@@H]4OC(CO)[C@@H](O)C(O)[C@@H]4O)[C@H](O)C3O)[C@H](O)C2O)C(O)[C@@H]1O. The van der Waals surface area contributed by atoms with Crippen molar-refractivity contribution in [3.05, 3.63) is 0 Å². The number of aliphatic hydroxyl groups is 12. The fraction of sp³-hybridized carbons (Fsp3) is 0.966. The Hall–Kier alpha value is -1.37. The van der Waals surface area contributed by atoms with Crippen LogP contribution in [0.15, 0.2) is 0 Å². The average molecular weight is 766 g/mol. The molecular weight excluding hydrogens is 714 g/mol. The molecule has 4 aliphatic rings. The van der Waals surface area contributed by atoms with Crippen LogP contribution < -0.4 is 5.73 Å². The third-order valence-electron chi connectivity index (χ3n) is 9.28. The highest BCUT2D eigenvalue weighted by atomic mass is 16.8. The molecule has 23 heteroatoms. The van der Waals surface area contributed by atoms with Gasteiger partial charge >= 0.3 is 5.97 Å². The van der Waals surface area contributed by atoms with E-state index in [4.69, 9.17) is 43.6 Å². The van der Waals surface area contributed by atoms with E-state index in [2.05, 4.69) is 0 Å². The second-order valence-corrected chi connectivity index (χ2v) is 12.9. The van der Waals surface area contributed by atoms with Crippen molar-refractivity contribution in [2.45, 2.75) is 142 Å². The minimum atomic E-state index is -2.11. The Morgan fingerprint density at radius 2 is 0.923 bits per heavy atom. The van der Waals surface area contributed by atoms with Gasteiger partial charge in [0.25, 0.3) is 0 Å². The molecule has 0 aromatic rings. The molecule has 304 valence electrons. The van der Waals surface area contributed by atoms with Crippen LogP contribution >= 0.6 is 0 Å². The normalized spacial score (nSPS) is 47.3. The monoisotopic (exact) mass is 765 g/mol. The molecule has 0 spiro atoms. The van der Waals surface area contributed by atoms with Crippen molar-refractivity contribution < 1.29 is 109 Å². The lowest BCUT2D eigenvalue weighted by Gasteiger charge is -2.48. The fourth-order valence-corrected chi connectivity index (χ4v) is 6.26. The highest BCUT2D eigenvalue weighted by Gasteiger charge is 2.56. The molecule has 0 aromatic carbocycles. The third kappa shape index (κ3) is 9.52. The molecule has 20 atom stereocenters. The Morgan fingerprint density at radius 3 is 1.38 bits per heavy atom. The summed E-state index contributed by atoms with van der Waals surface area (Å²) in [6.45, 7) is -2.18. The topological polar surface area (TPSA) is 380 Å². The number of unbranched alkanes of at least 4 members (excludes halogenated alkanes) is 2. The Kier molecular flexibility index (Phi) is 16.2. The van der Waals surface area contributed by atoms with Crippen molar-refractivity contribution in [1.29, 1.82) is 0 Å². The maximum Gasteiger partial charge on any atom is 0.335 e.